The van der Waals surface area contributed by atoms with E-state index in [1.165, 1.54) is 17.6 Å². The molecule has 3 N–H and O–H groups in total. The minimum Gasteiger partial charge on any atom is -0.469 e. The van der Waals surface area contributed by atoms with Gasteiger partial charge in [0, 0.05) is 18.0 Å². The highest BCUT2D eigenvalue weighted by atomic mass is 35.5. The van der Waals surface area contributed by atoms with E-state index in [0.717, 1.165) is 25.9 Å². The van der Waals surface area contributed by atoms with Crippen LogP contribution in [-0.2, 0) is 11.2 Å². The molecule has 26 heavy (non-hydrogen) atoms. The van der Waals surface area contributed by atoms with Crippen LogP contribution in [0, 0.1) is 6.92 Å². The molecule has 0 saturated carbocycles. The van der Waals surface area contributed by atoms with Crippen LogP contribution in [0.1, 0.15) is 34.7 Å². The number of hydrogen-bond donors (Lipinski definition) is 3. The van der Waals surface area contributed by atoms with Gasteiger partial charge in [-0.25, -0.2) is 4.98 Å². The van der Waals surface area contributed by atoms with Gasteiger partial charge >= 0.3 is 0 Å². The molecule has 0 unspecified atom stereocenters. The molecule has 1 aliphatic heterocycles. The number of halogens is 2. The fraction of sp³-hybridized carbons (Fsp3) is 0.438. The molecule has 1 fully saturated rings. The predicted molar refractivity (Wildman–Crippen MR) is 106 cm³/mol. The summed E-state index contributed by atoms with van der Waals surface area (Å²) in [6.07, 6.45) is 3.77. The number of rotatable bonds is 5. The topological polar surface area (TPSA) is 96.3 Å². The van der Waals surface area contributed by atoms with Gasteiger partial charge in [0.2, 0.25) is 5.91 Å². The summed E-state index contributed by atoms with van der Waals surface area (Å²) in [6, 6.07) is 1.80. The fourth-order valence-electron chi connectivity index (χ4n) is 2.65. The molecule has 0 aromatic carbocycles. The van der Waals surface area contributed by atoms with E-state index in [4.69, 9.17) is 4.42 Å². The number of carbonyl (C=O) groups is 2. The molecule has 3 heterocycles. The normalized spacial score (nSPS) is 16.1. The predicted octanol–water partition coefficient (Wildman–Crippen LogP) is 2.55. The van der Waals surface area contributed by atoms with Crippen LogP contribution in [0.15, 0.2) is 22.1 Å². The van der Waals surface area contributed by atoms with Gasteiger partial charge in [0.25, 0.3) is 5.91 Å². The molecule has 7 nitrogen and oxygen atoms in total. The van der Waals surface area contributed by atoms with E-state index in [1.54, 1.807) is 18.4 Å². The van der Waals surface area contributed by atoms with Crippen molar-refractivity contribution in [2.45, 2.75) is 32.2 Å². The van der Waals surface area contributed by atoms with Gasteiger partial charge in [0.1, 0.15) is 5.76 Å². The number of carbonyl (C=O) groups excluding carboxylic acids is 2. The second-order valence-electron chi connectivity index (χ2n) is 5.78. The minimum atomic E-state index is -0.264. The number of furan rings is 1. The lowest BCUT2D eigenvalue weighted by Crippen LogP contribution is -2.46. The number of nitrogens with one attached hydrogen (secondary N) is 3. The zero-order valence-electron chi connectivity index (χ0n) is 14.2. The van der Waals surface area contributed by atoms with Gasteiger partial charge in [-0.1, -0.05) is 0 Å². The Kier molecular flexibility index (Phi) is 9.07. The van der Waals surface area contributed by atoms with E-state index < -0.39 is 0 Å². The monoisotopic (exact) mass is 420 g/mol. The Labute approximate surface area is 168 Å². The number of nitrogens with zero attached hydrogens (tertiary/aromatic N) is 1. The van der Waals surface area contributed by atoms with Crippen LogP contribution < -0.4 is 16.0 Å². The fourth-order valence-corrected chi connectivity index (χ4v) is 3.35. The first-order valence-electron chi connectivity index (χ1n) is 7.92. The Balaban J connectivity index is 0.00000169. The summed E-state index contributed by atoms with van der Waals surface area (Å²) < 4.78 is 5.12. The maximum atomic E-state index is 12.1. The Bertz CT molecular complexity index is 729. The van der Waals surface area contributed by atoms with E-state index in [1.807, 2.05) is 0 Å². The SMILES string of the molecule is Cc1occc1C(=O)Nc1nc(CC(=O)N[C@H]2CCCNC2)cs1.Cl.Cl. The first-order chi connectivity index (χ1) is 11.6. The lowest BCUT2D eigenvalue weighted by molar-refractivity contribution is -0.121. The first kappa shape index (κ1) is 22.4. The average Bonchev–Trinajstić information content (AvgIpc) is 3.17. The number of piperidine rings is 1. The summed E-state index contributed by atoms with van der Waals surface area (Å²) in [5.74, 6) is 0.252. The standard InChI is InChI=1S/C16H20N4O3S.2ClH/c1-10-13(4-6-23-10)15(22)20-16-19-12(9-24-16)7-14(21)18-11-3-2-5-17-8-11;;/h4,6,9,11,17H,2-3,5,7-8H2,1H3,(H,18,21)(H,19,20,22);2*1H/t11-;;/m0../s1. The molecule has 0 aliphatic carbocycles. The second kappa shape index (κ2) is 10.5. The Morgan fingerprint density at radius 1 is 1.42 bits per heavy atom. The van der Waals surface area contributed by atoms with Crippen LogP contribution >= 0.6 is 36.2 Å². The van der Waals surface area contributed by atoms with Crippen molar-refractivity contribution in [2.75, 3.05) is 18.4 Å². The molecule has 0 bridgehead atoms. The zero-order valence-corrected chi connectivity index (χ0v) is 16.7. The van der Waals surface area contributed by atoms with E-state index in [9.17, 15) is 9.59 Å². The van der Waals surface area contributed by atoms with Gasteiger partial charge in [-0.3, -0.25) is 14.9 Å². The van der Waals surface area contributed by atoms with Crippen LogP contribution in [0.3, 0.4) is 0 Å². The molecule has 1 atom stereocenters. The molecule has 2 aromatic rings. The van der Waals surface area contributed by atoms with Crippen molar-refractivity contribution in [3.8, 4) is 0 Å². The van der Waals surface area contributed by atoms with Crippen LogP contribution in [0.5, 0.6) is 0 Å². The summed E-state index contributed by atoms with van der Waals surface area (Å²) in [5, 5.41) is 11.3. The van der Waals surface area contributed by atoms with Gasteiger partial charge in [-0.15, -0.1) is 36.2 Å². The van der Waals surface area contributed by atoms with Crippen molar-refractivity contribution < 1.29 is 14.0 Å². The Morgan fingerprint density at radius 2 is 2.23 bits per heavy atom. The molecular formula is C16H22Cl2N4O3S. The molecule has 0 spiro atoms. The summed E-state index contributed by atoms with van der Waals surface area (Å²) in [5.41, 5.74) is 1.13. The van der Waals surface area contributed by atoms with Crippen molar-refractivity contribution in [3.05, 3.63) is 34.7 Å². The quantitative estimate of drug-likeness (QED) is 0.690. The van der Waals surface area contributed by atoms with E-state index in [-0.39, 0.29) is 49.1 Å². The number of anilines is 1. The molecule has 2 aromatic heterocycles. The highest BCUT2D eigenvalue weighted by Crippen LogP contribution is 2.18. The summed E-state index contributed by atoms with van der Waals surface area (Å²) in [6.45, 7) is 3.55. The number of aromatic nitrogens is 1. The third kappa shape index (κ3) is 5.98. The van der Waals surface area contributed by atoms with Gasteiger partial charge < -0.3 is 15.1 Å². The second-order valence-corrected chi connectivity index (χ2v) is 6.63. The van der Waals surface area contributed by atoms with E-state index >= 15 is 0 Å². The van der Waals surface area contributed by atoms with Gasteiger partial charge in [-0.2, -0.15) is 0 Å². The van der Waals surface area contributed by atoms with E-state index in [0.29, 0.717) is 22.1 Å². The smallest absolute Gasteiger partial charge is 0.260 e. The third-order valence-electron chi connectivity index (χ3n) is 3.88. The maximum absolute atomic E-state index is 12.1. The van der Waals surface area contributed by atoms with Crippen molar-refractivity contribution in [1.29, 1.82) is 0 Å². The largest absolute Gasteiger partial charge is 0.469 e. The van der Waals surface area contributed by atoms with Crippen LogP contribution in [0.25, 0.3) is 0 Å². The zero-order chi connectivity index (χ0) is 16.9. The minimum absolute atomic E-state index is 0. The third-order valence-corrected chi connectivity index (χ3v) is 4.69. The van der Waals surface area contributed by atoms with Gasteiger partial charge in [0.05, 0.1) is 23.9 Å². The number of hydrogen-bond acceptors (Lipinski definition) is 6. The number of amides is 2. The highest BCUT2D eigenvalue weighted by Gasteiger charge is 2.17. The summed E-state index contributed by atoms with van der Waals surface area (Å²) >= 11 is 1.30. The van der Waals surface area contributed by atoms with Crippen LogP contribution in [-0.4, -0.2) is 35.9 Å². The molecule has 1 saturated heterocycles. The Morgan fingerprint density at radius 3 is 2.88 bits per heavy atom. The molecule has 10 heteroatoms. The highest BCUT2D eigenvalue weighted by molar-refractivity contribution is 7.14. The molecule has 0 radical (unpaired) electrons. The Hall–Kier alpha value is -1.61. The molecule has 144 valence electrons. The van der Waals surface area contributed by atoms with E-state index in [2.05, 4.69) is 20.9 Å². The summed E-state index contributed by atoms with van der Waals surface area (Å²) in [7, 11) is 0. The maximum Gasteiger partial charge on any atom is 0.260 e. The van der Waals surface area contributed by atoms with Crippen molar-refractivity contribution in [1.82, 2.24) is 15.6 Å². The van der Waals surface area contributed by atoms with Crippen molar-refractivity contribution >= 4 is 53.1 Å². The average molecular weight is 421 g/mol. The molecule has 1 aliphatic rings. The van der Waals surface area contributed by atoms with Crippen molar-refractivity contribution in [2.24, 2.45) is 0 Å². The number of aryl methyl sites for hydroxylation is 1. The van der Waals surface area contributed by atoms with Crippen LogP contribution in [0.4, 0.5) is 5.13 Å². The van der Waals surface area contributed by atoms with Gasteiger partial charge in [-0.05, 0) is 32.4 Å². The molecular weight excluding hydrogens is 399 g/mol. The summed E-state index contributed by atoms with van der Waals surface area (Å²) in [4.78, 5) is 28.5. The number of thiazole rings is 1. The van der Waals surface area contributed by atoms with Crippen molar-refractivity contribution in [3.63, 3.8) is 0 Å². The molecule has 3 rings (SSSR count). The van der Waals surface area contributed by atoms with Gasteiger partial charge in [0.15, 0.2) is 5.13 Å². The lowest BCUT2D eigenvalue weighted by Gasteiger charge is -2.23. The van der Waals surface area contributed by atoms with Crippen LogP contribution in [0.2, 0.25) is 0 Å². The molecule has 2 amide bonds. The lowest BCUT2D eigenvalue weighted by atomic mass is 10.1. The first-order valence-corrected chi connectivity index (χ1v) is 8.79.